The van der Waals surface area contributed by atoms with E-state index in [9.17, 15) is 14.4 Å². The third-order valence-electron chi connectivity index (χ3n) is 5.69. The number of rotatable bonds is 18. The van der Waals surface area contributed by atoms with Crippen molar-refractivity contribution >= 4 is 17.8 Å². The van der Waals surface area contributed by atoms with E-state index < -0.39 is 5.97 Å². The molecule has 0 radical (unpaired) electrons. The zero-order chi connectivity index (χ0) is 25.8. The fourth-order valence-corrected chi connectivity index (χ4v) is 3.68. The first-order valence-electron chi connectivity index (χ1n) is 12.9. The van der Waals surface area contributed by atoms with Gasteiger partial charge in [0.25, 0.3) is 5.91 Å². The minimum absolute atomic E-state index is 0.159. The molecule has 2 amide bonds. The van der Waals surface area contributed by atoms with Crippen LogP contribution in [0.3, 0.4) is 0 Å². The maximum atomic E-state index is 12.2. The average Bonchev–Trinajstić information content (AvgIpc) is 2.89. The molecule has 3 N–H and O–H groups in total. The predicted octanol–water partition coefficient (Wildman–Crippen LogP) is 4.92. The zero-order valence-electron chi connectivity index (χ0n) is 21.0. The molecular weight excluding hydrogens is 456 g/mol. The summed E-state index contributed by atoms with van der Waals surface area (Å²) in [6.45, 7) is 0.685. The van der Waals surface area contributed by atoms with Crippen LogP contribution in [0.25, 0.3) is 11.4 Å². The minimum Gasteiger partial charge on any atom is -0.481 e. The van der Waals surface area contributed by atoms with Crippen LogP contribution in [0.15, 0.2) is 54.9 Å². The Balaban J connectivity index is 1.45. The summed E-state index contributed by atoms with van der Waals surface area (Å²) in [4.78, 5) is 43.1. The molecule has 36 heavy (non-hydrogen) atoms. The first kappa shape index (κ1) is 28.7. The van der Waals surface area contributed by atoms with Crippen molar-refractivity contribution < 1.29 is 19.5 Å². The Labute approximate surface area is 213 Å². The topological polar surface area (TPSA) is 121 Å². The van der Waals surface area contributed by atoms with E-state index in [0.29, 0.717) is 24.3 Å². The minimum atomic E-state index is -0.705. The highest BCUT2D eigenvalue weighted by molar-refractivity contribution is 5.94. The van der Waals surface area contributed by atoms with Gasteiger partial charge in [-0.3, -0.25) is 24.4 Å². The first-order valence-corrected chi connectivity index (χ1v) is 12.9. The van der Waals surface area contributed by atoms with Gasteiger partial charge in [0, 0.05) is 31.9 Å². The maximum absolute atomic E-state index is 12.2. The number of carboxylic acid groups (broad SMARTS) is 1. The molecule has 0 bridgehead atoms. The number of unbranched alkanes of at least 4 members (excludes halogenated alkanes) is 9. The molecule has 8 heteroatoms. The Morgan fingerprint density at radius 3 is 2.08 bits per heavy atom. The van der Waals surface area contributed by atoms with Crippen LogP contribution in [-0.2, 0) is 9.59 Å². The van der Waals surface area contributed by atoms with Crippen LogP contribution < -0.4 is 10.6 Å². The quantitative estimate of drug-likeness (QED) is 0.200. The third-order valence-corrected chi connectivity index (χ3v) is 5.69. The van der Waals surface area contributed by atoms with E-state index in [1.165, 1.54) is 31.9 Å². The molecule has 0 fully saturated rings. The van der Waals surface area contributed by atoms with Crippen LogP contribution in [-0.4, -0.2) is 45.9 Å². The second kappa shape index (κ2) is 17.8. The lowest BCUT2D eigenvalue weighted by atomic mass is 10.1. The monoisotopic (exact) mass is 494 g/mol. The molecule has 0 aromatic carbocycles. The number of nitrogens with one attached hydrogen (secondary N) is 2. The van der Waals surface area contributed by atoms with Crippen LogP contribution in [0.2, 0.25) is 0 Å². The summed E-state index contributed by atoms with van der Waals surface area (Å²) in [5, 5.41) is 14.1. The Kier molecular flexibility index (Phi) is 14.2. The summed E-state index contributed by atoms with van der Waals surface area (Å²) in [6.07, 6.45) is 17.7. The number of aliphatic carboxylic acids is 1. The number of hydrogen-bond acceptors (Lipinski definition) is 5. The molecule has 0 saturated heterocycles. The second-order valence-electron chi connectivity index (χ2n) is 8.71. The van der Waals surface area contributed by atoms with Crippen LogP contribution >= 0.6 is 0 Å². The largest absolute Gasteiger partial charge is 0.481 e. The summed E-state index contributed by atoms with van der Waals surface area (Å²) < 4.78 is 0. The van der Waals surface area contributed by atoms with E-state index in [4.69, 9.17) is 5.11 Å². The van der Waals surface area contributed by atoms with Crippen LogP contribution in [0.4, 0.5) is 0 Å². The Hall–Kier alpha value is -3.55. The van der Waals surface area contributed by atoms with E-state index in [1.807, 2.05) is 24.3 Å². The normalized spacial score (nSPS) is 10.9. The van der Waals surface area contributed by atoms with Crippen molar-refractivity contribution in [2.75, 3.05) is 13.1 Å². The molecule has 0 saturated carbocycles. The van der Waals surface area contributed by atoms with Gasteiger partial charge in [0.1, 0.15) is 0 Å². The van der Waals surface area contributed by atoms with Crippen LogP contribution in [0.5, 0.6) is 0 Å². The van der Waals surface area contributed by atoms with Gasteiger partial charge in [0.05, 0.1) is 17.0 Å². The lowest BCUT2D eigenvalue weighted by Gasteiger charge is -2.06. The summed E-state index contributed by atoms with van der Waals surface area (Å²) in [5.41, 5.74) is 1.91. The zero-order valence-corrected chi connectivity index (χ0v) is 21.0. The highest BCUT2D eigenvalue weighted by Crippen LogP contribution is 2.13. The predicted molar refractivity (Wildman–Crippen MR) is 140 cm³/mol. The summed E-state index contributed by atoms with van der Waals surface area (Å²) in [7, 11) is 0. The van der Waals surface area contributed by atoms with Gasteiger partial charge in [-0.25, -0.2) is 0 Å². The third kappa shape index (κ3) is 12.8. The van der Waals surface area contributed by atoms with Gasteiger partial charge in [-0.15, -0.1) is 0 Å². The lowest BCUT2D eigenvalue weighted by Crippen LogP contribution is -2.34. The molecule has 0 atom stereocenters. The molecule has 2 aromatic heterocycles. The average molecular weight is 495 g/mol. The molecule has 2 heterocycles. The molecule has 2 aromatic rings. The smallest absolute Gasteiger partial charge is 0.303 e. The second-order valence-corrected chi connectivity index (χ2v) is 8.71. The van der Waals surface area contributed by atoms with Crippen molar-refractivity contribution in [3.63, 3.8) is 0 Å². The number of nitrogens with zero attached hydrogens (tertiary/aromatic N) is 2. The maximum Gasteiger partial charge on any atom is 0.303 e. The van der Waals surface area contributed by atoms with Crippen molar-refractivity contribution in [3.8, 4) is 11.4 Å². The number of aromatic nitrogens is 2. The number of hydrogen-bond donors (Lipinski definition) is 3. The first-order chi connectivity index (χ1) is 17.6. The highest BCUT2D eigenvalue weighted by atomic mass is 16.4. The molecule has 0 unspecified atom stereocenters. The number of carbonyl (C=O) groups is 3. The van der Waals surface area contributed by atoms with Crippen molar-refractivity contribution in [1.82, 2.24) is 20.6 Å². The van der Waals surface area contributed by atoms with Gasteiger partial charge in [0.2, 0.25) is 5.91 Å². The van der Waals surface area contributed by atoms with E-state index >= 15 is 0 Å². The SMILES string of the molecule is O=C(O)CCCCCCCCCCC/C=C/C(=O)NCCNC(=O)c1ccc(-c2ccccn2)nc1. The Morgan fingerprint density at radius 1 is 0.778 bits per heavy atom. The number of allylic oxidation sites excluding steroid dienone is 1. The summed E-state index contributed by atoms with van der Waals surface area (Å²) in [5.74, 6) is -1.10. The number of carboxylic acids is 1. The van der Waals surface area contributed by atoms with Gasteiger partial charge in [-0.2, -0.15) is 0 Å². The van der Waals surface area contributed by atoms with Crippen molar-refractivity contribution in [2.45, 2.75) is 70.6 Å². The Morgan fingerprint density at radius 2 is 1.44 bits per heavy atom. The summed E-state index contributed by atoms with van der Waals surface area (Å²) in [6, 6.07) is 9.05. The summed E-state index contributed by atoms with van der Waals surface area (Å²) >= 11 is 0. The number of carbonyl (C=O) groups excluding carboxylic acids is 2. The lowest BCUT2D eigenvalue weighted by molar-refractivity contribution is -0.137. The molecule has 0 spiro atoms. The fourth-order valence-electron chi connectivity index (χ4n) is 3.68. The van der Waals surface area contributed by atoms with Crippen molar-refractivity contribution in [2.24, 2.45) is 0 Å². The van der Waals surface area contributed by atoms with Gasteiger partial charge in [0.15, 0.2) is 0 Å². The van der Waals surface area contributed by atoms with Gasteiger partial charge < -0.3 is 15.7 Å². The molecule has 194 valence electrons. The van der Waals surface area contributed by atoms with E-state index in [0.717, 1.165) is 44.2 Å². The van der Waals surface area contributed by atoms with Crippen LogP contribution in [0, 0.1) is 0 Å². The van der Waals surface area contributed by atoms with Gasteiger partial charge >= 0.3 is 5.97 Å². The fraction of sp³-hybridized carbons (Fsp3) is 0.464. The van der Waals surface area contributed by atoms with Gasteiger partial charge in [-0.05, 0) is 49.6 Å². The van der Waals surface area contributed by atoms with Crippen molar-refractivity contribution in [3.05, 3.63) is 60.4 Å². The number of amides is 2. The molecule has 2 rings (SSSR count). The van der Waals surface area contributed by atoms with Gasteiger partial charge in [-0.1, -0.05) is 57.1 Å². The molecule has 0 aliphatic rings. The highest BCUT2D eigenvalue weighted by Gasteiger charge is 2.07. The van der Waals surface area contributed by atoms with Crippen LogP contribution in [0.1, 0.15) is 81.0 Å². The molecule has 0 aliphatic carbocycles. The standard InChI is InChI=1S/C28H38N4O4/c33-26(15-10-8-6-4-2-1-3-5-7-9-11-16-27(34)35)30-20-21-31-28(36)23-17-18-25(32-22-23)24-14-12-13-19-29-24/h10,12-15,17-19,22H,1-9,11,16,20-21H2,(H,30,33)(H,31,36)(H,34,35)/b15-10+. The molecule has 0 aliphatic heterocycles. The Bertz CT molecular complexity index is 946. The van der Waals surface area contributed by atoms with E-state index in [2.05, 4.69) is 20.6 Å². The van der Waals surface area contributed by atoms with E-state index in [1.54, 1.807) is 24.4 Å². The van der Waals surface area contributed by atoms with Crippen molar-refractivity contribution in [1.29, 1.82) is 0 Å². The molecular formula is C28H38N4O4. The van der Waals surface area contributed by atoms with E-state index in [-0.39, 0.29) is 18.2 Å². The molecule has 8 nitrogen and oxygen atoms in total. The number of pyridine rings is 2.